The molecule has 2 aliphatic carbocycles. The zero-order valence-corrected chi connectivity index (χ0v) is 16.9. The number of nitrogens with zero attached hydrogens (tertiary/aromatic N) is 3. The maximum absolute atomic E-state index is 13.9. The summed E-state index contributed by atoms with van der Waals surface area (Å²) in [5.74, 6) is -0.957. The Morgan fingerprint density at radius 2 is 1.67 bits per heavy atom. The molecule has 2 heterocycles. The Kier molecular flexibility index (Phi) is 4.93. The monoisotopic (exact) mass is 411 g/mol. The number of fused-ring (bicyclic) bond motifs is 5. The molecule has 3 amide bonds. The lowest BCUT2D eigenvalue weighted by atomic mass is 9.85. The van der Waals surface area contributed by atoms with Gasteiger partial charge in [-0.25, -0.2) is 4.39 Å². The zero-order valence-electron chi connectivity index (χ0n) is 16.9. The van der Waals surface area contributed by atoms with Crippen LogP contribution in [0.3, 0.4) is 0 Å². The van der Waals surface area contributed by atoms with E-state index in [0.717, 1.165) is 19.4 Å². The molecule has 3 fully saturated rings. The summed E-state index contributed by atoms with van der Waals surface area (Å²) in [5.41, 5.74) is 0.653. The lowest BCUT2D eigenvalue weighted by Crippen LogP contribution is -2.45. The highest BCUT2D eigenvalue weighted by Crippen LogP contribution is 2.52. The minimum absolute atomic E-state index is 0.154. The van der Waals surface area contributed by atoms with Gasteiger partial charge in [0.15, 0.2) is 0 Å². The first-order chi connectivity index (χ1) is 14.5. The fourth-order valence-corrected chi connectivity index (χ4v) is 5.60. The third-order valence-corrected chi connectivity index (χ3v) is 7.15. The van der Waals surface area contributed by atoms with Gasteiger partial charge < -0.3 is 4.90 Å². The topological polar surface area (TPSA) is 60.9 Å². The van der Waals surface area contributed by atoms with Crippen molar-refractivity contribution in [1.29, 1.82) is 0 Å². The second-order valence-corrected chi connectivity index (χ2v) is 8.86. The fourth-order valence-electron chi connectivity index (χ4n) is 5.60. The van der Waals surface area contributed by atoms with Gasteiger partial charge in [-0.1, -0.05) is 30.4 Å². The Morgan fingerprint density at radius 3 is 2.37 bits per heavy atom. The molecular weight excluding hydrogens is 385 g/mol. The molecule has 0 aromatic heterocycles. The van der Waals surface area contributed by atoms with E-state index in [0.29, 0.717) is 31.7 Å². The van der Waals surface area contributed by atoms with Crippen LogP contribution in [0, 0.1) is 29.5 Å². The molecule has 30 heavy (non-hydrogen) atoms. The van der Waals surface area contributed by atoms with E-state index in [1.54, 1.807) is 17.0 Å². The van der Waals surface area contributed by atoms with E-state index in [4.69, 9.17) is 0 Å². The first kappa shape index (κ1) is 19.4. The van der Waals surface area contributed by atoms with Gasteiger partial charge in [-0.2, -0.15) is 0 Å². The van der Waals surface area contributed by atoms with Crippen LogP contribution in [0.15, 0.2) is 36.4 Å². The number of hydrogen-bond donors (Lipinski definition) is 0. The largest absolute Gasteiger partial charge is 0.340 e. The van der Waals surface area contributed by atoms with E-state index < -0.39 is 0 Å². The highest BCUT2D eigenvalue weighted by molar-refractivity contribution is 6.08. The highest BCUT2D eigenvalue weighted by Gasteiger charge is 2.59. The number of amides is 3. The molecule has 1 aromatic carbocycles. The van der Waals surface area contributed by atoms with Crippen LogP contribution in [0.4, 0.5) is 4.39 Å². The summed E-state index contributed by atoms with van der Waals surface area (Å²) in [6.45, 7) is 2.88. The number of carbonyl (C=O) groups is 3. The number of allylic oxidation sites excluding steroid dienone is 2. The number of imide groups is 1. The second kappa shape index (κ2) is 7.61. The molecule has 5 rings (SSSR count). The normalized spacial score (nSPS) is 30.8. The molecule has 2 aliphatic heterocycles. The summed E-state index contributed by atoms with van der Waals surface area (Å²) in [4.78, 5) is 43.6. The molecule has 1 aromatic rings. The molecule has 4 atom stereocenters. The lowest BCUT2D eigenvalue weighted by Gasteiger charge is -2.24. The van der Waals surface area contributed by atoms with Gasteiger partial charge in [-0.3, -0.25) is 24.2 Å². The molecule has 6 nitrogen and oxygen atoms in total. The van der Waals surface area contributed by atoms with Crippen LogP contribution in [0.2, 0.25) is 0 Å². The van der Waals surface area contributed by atoms with Crippen LogP contribution in [-0.4, -0.2) is 65.1 Å². The molecule has 7 heteroatoms. The smallest absolute Gasteiger partial charge is 0.242 e. The average Bonchev–Trinajstić information content (AvgIpc) is 3.35. The van der Waals surface area contributed by atoms with Crippen LogP contribution >= 0.6 is 0 Å². The number of likely N-dealkylation sites (tertiary alicyclic amines) is 1. The Labute approximate surface area is 175 Å². The SMILES string of the molecule is O=C(CN1C(=O)C2C3C=CC(C3)C2C1=O)N1CCCN(Cc2ccccc2F)CC1. The number of hydrogen-bond acceptors (Lipinski definition) is 4. The van der Waals surface area contributed by atoms with Gasteiger partial charge in [0.25, 0.3) is 0 Å². The Balaban J connectivity index is 1.19. The molecule has 4 aliphatic rings. The molecule has 1 saturated carbocycles. The van der Waals surface area contributed by atoms with Gasteiger partial charge >= 0.3 is 0 Å². The van der Waals surface area contributed by atoms with Crippen LogP contribution in [-0.2, 0) is 20.9 Å². The number of halogens is 1. The molecule has 2 bridgehead atoms. The number of benzene rings is 1. The predicted octanol–water partition coefficient (Wildman–Crippen LogP) is 1.67. The fraction of sp³-hybridized carbons (Fsp3) is 0.522. The maximum Gasteiger partial charge on any atom is 0.242 e. The van der Waals surface area contributed by atoms with Crippen molar-refractivity contribution in [3.05, 3.63) is 47.8 Å². The van der Waals surface area contributed by atoms with Gasteiger partial charge in [0.2, 0.25) is 17.7 Å². The van der Waals surface area contributed by atoms with Crippen molar-refractivity contribution < 1.29 is 18.8 Å². The predicted molar refractivity (Wildman–Crippen MR) is 107 cm³/mol. The van der Waals surface area contributed by atoms with Crippen LogP contribution in [0.5, 0.6) is 0 Å². The minimum atomic E-state index is -0.263. The standard InChI is InChI=1S/C23H26FN3O3/c24-18-5-2-1-4-17(18)13-25-8-3-9-26(11-10-25)19(28)14-27-22(29)20-15-6-7-16(12-15)21(20)23(27)30/h1-2,4-7,15-16,20-21H,3,8-14H2. The Hall–Kier alpha value is -2.54. The van der Waals surface area contributed by atoms with E-state index in [9.17, 15) is 18.8 Å². The third kappa shape index (κ3) is 3.25. The number of carbonyl (C=O) groups excluding carboxylic acids is 3. The van der Waals surface area contributed by atoms with E-state index >= 15 is 0 Å². The summed E-state index contributed by atoms with van der Waals surface area (Å²) in [6.07, 6.45) is 5.78. The van der Waals surface area contributed by atoms with Crippen LogP contribution in [0.25, 0.3) is 0 Å². The lowest BCUT2D eigenvalue weighted by molar-refractivity contribution is -0.147. The summed E-state index contributed by atoms with van der Waals surface area (Å²) in [7, 11) is 0. The summed E-state index contributed by atoms with van der Waals surface area (Å²) >= 11 is 0. The van der Waals surface area contributed by atoms with E-state index in [-0.39, 0.29) is 53.8 Å². The second-order valence-electron chi connectivity index (χ2n) is 8.86. The van der Waals surface area contributed by atoms with Crippen molar-refractivity contribution in [1.82, 2.24) is 14.7 Å². The van der Waals surface area contributed by atoms with Crippen molar-refractivity contribution in [3.63, 3.8) is 0 Å². The molecule has 2 saturated heterocycles. The van der Waals surface area contributed by atoms with Gasteiger partial charge in [0, 0.05) is 38.3 Å². The quantitative estimate of drug-likeness (QED) is 0.559. The van der Waals surface area contributed by atoms with Crippen molar-refractivity contribution in [3.8, 4) is 0 Å². The molecular formula is C23H26FN3O3. The summed E-state index contributed by atoms with van der Waals surface area (Å²) < 4.78 is 13.9. The van der Waals surface area contributed by atoms with Gasteiger partial charge in [0.1, 0.15) is 12.4 Å². The maximum atomic E-state index is 13.9. The highest BCUT2D eigenvalue weighted by atomic mass is 19.1. The number of rotatable bonds is 4. The van der Waals surface area contributed by atoms with Crippen LogP contribution < -0.4 is 0 Å². The third-order valence-electron chi connectivity index (χ3n) is 7.15. The van der Waals surface area contributed by atoms with Gasteiger partial charge in [0.05, 0.1) is 11.8 Å². The Bertz CT molecular complexity index is 887. The Morgan fingerprint density at radius 1 is 0.967 bits per heavy atom. The van der Waals surface area contributed by atoms with E-state index in [2.05, 4.69) is 17.1 Å². The van der Waals surface area contributed by atoms with Crippen molar-refractivity contribution in [2.45, 2.75) is 19.4 Å². The first-order valence-corrected chi connectivity index (χ1v) is 10.8. The van der Waals surface area contributed by atoms with Gasteiger partial charge in [-0.15, -0.1) is 0 Å². The molecule has 0 N–H and O–H groups in total. The van der Waals surface area contributed by atoms with Crippen molar-refractivity contribution in [2.75, 3.05) is 32.7 Å². The zero-order chi connectivity index (χ0) is 20.8. The molecule has 158 valence electrons. The average molecular weight is 411 g/mol. The summed E-state index contributed by atoms with van der Waals surface area (Å²) in [5, 5.41) is 0. The van der Waals surface area contributed by atoms with Crippen molar-refractivity contribution >= 4 is 17.7 Å². The van der Waals surface area contributed by atoms with Crippen molar-refractivity contribution in [2.24, 2.45) is 23.7 Å². The molecule has 0 spiro atoms. The van der Waals surface area contributed by atoms with Crippen LogP contribution in [0.1, 0.15) is 18.4 Å². The first-order valence-electron chi connectivity index (χ1n) is 10.8. The van der Waals surface area contributed by atoms with E-state index in [1.807, 2.05) is 6.07 Å². The van der Waals surface area contributed by atoms with E-state index in [1.165, 1.54) is 11.0 Å². The summed E-state index contributed by atoms with van der Waals surface area (Å²) in [6, 6.07) is 6.75. The minimum Gasteiger partial charge on any atom is -0.340 e. The molecule has 4 unspecified atom stereocenters. The van der Waals surface area contributed by atoms with Gasteiger partial charge in [-0.05, 0) is 30.7 Å². The molecule has 0 radical (unpaired) electrons.